The summed E-state index contributed by atoms with van der Waals surface area (Å²) in [5.74, 6) is 0.962. The maximum atomic E-state index is 12.0. The van der Waals surface area contributed by atoms with E-state index in [-0.39, 0.29) is 12.1 Å². The second kappa shape index (κ2) is 12.9. The van der Waals surface area contributed by atoms with Crippen LogP contribution in [0.2, 0.25) is 0 Å². The number of ether oxygens (including phenoxy) is 1. The third-order valence-electron chi connectivity index (χ3n) is 4.57. The van der Waals surface area contributed by atoms with Crippen molar-refractivity contribution in [1.29, 1.82) is 0 Å². The lowest BCUT2D eigenvalue weighted by molar-refractivity contribution is 0.0507. The number of unbranched alkanes of at least 4 members (excludes halogenated alkanes) is 4. The topological polar surface area (TPSA) is 69.2 Å². The Hall–Kier alpha value is -1.50. The van der Waals surface area contributed by atoms with Crippen molar-refractivity contribution in [3.05, 3.63) is 0 Å². The van der Waals surface area contributed by atoms with Crippen LogP contribution in [0.5, 0.6) is 0 Å². The molecule has 0 spiro atoms. The molecule has 0 saturated carbocycles. The predicted octanol–water partition coefficient (Wildman–Crippen LogP) is 3.06. The number of hydrogen-bond acceptors (Lipinski definition) is 4. The summed E-state index contributed by atoms with van der Waals surface area (Å²) in [4.78, 5) is 21.2. The second-order valence-corrected chi connectivity index (χ2v) is 8.88. The van der Waals surface area contributed by atoms with E-state index in [0.29, 0.717) is 0 Å². The van der Waals surface area contributed by atoms with Gasteiger partial charge in [-0.2, -0.15) is 0 Å². The molecule has 164 valence electrons. The van der Waals surface area contributed by atoms with Crippen LogP contribution in [0.25, 0.3) is 0 Å². The lowest BCUT2D eigenvalue weighted by Gasteiger charge is -2.23. The van der Waals surface area contributed by atoms with Gasteiger partial charge in [0.15, 0.2) is 5.96 Å². The predicted molar refractivity (Wildman–Crippen MR) is 117 cm³/mol. The first-order chi connectivity index (χ1) is 13.2. The highest BCUT2D eigenvalue weighted by Gasteiger charge is 2.27. The molecule has 0 aromatic carbocycles. The fourth-order valence-electron chi connectivity index (χ4n) is 3.23. The number of hydrogen-bond donors (Lipinski definition) is 2. The van der Waals surface area contributed by atoms with Crippen LogP contribution < -0.4 is 10.6 Å². The van der Waals surface area contributed by atoms with Gasteiger partial charge in [-0.05, 0) is 67.6 Å². The number of nitrogens with one attached hydrogen (secondary N) is 2. The van der Waals surface area contributed by atoms with Gasteiger partial charge >= 0.3 is 6.09 Å². The number of likely N-dealkylation sites (tertiary alicyclic amines) is 1. The standard InChI is InChI=1S/C21H43N5O2/c1-7-22-19(23-14-11-9-8-10-12-15-25(5)6)26-16-13-18(17-26)24-20(27)28-21(2,3)4/h18H,7-17H2,1-6H3,(H,22,23)(H,24,27). The van der Waals surface area contributed by atoms with Crippen LogP contribution in [-0.2, 0) is 4.74 Å². The fourth-order valence-corrected chi connectivity index (χ4v) is 3.23. The summed E-state index contributed by atoms with van der Waals surface area (Å²) in [6.45, 7) is 12.3. The first-order valence-electron chi connectivity index (χ1n) is 10.9. The Labute approximate surface area is 172 Å². The Bertz CT molecular complexity index is 474. The highest BCUT2D eigenvalue weighted by Crippen LogP contribution is 2.12. The molecule has 1 aliphatic heterocycles. The molecule has 1 aliphatic rings. The van der Waals surface area contributed by atoms with Crippen molar-refractivity contribution in [2.24, 2.45) is 4.99 Å². The van der Waals surface area contributed by atoms with E-state index in [0.717, 1.165) is 45.0 Å². The van der Waals surface area contributed by atoms with E-state index >= 15 is 0 Å². The number of rotatable bonds is 10. The molecule has 0 aromatic heterocycles. The SMILES string of the molecule is CCNC(=NCCCCCCCN(C)C)N1CCC(NC(=O)OC(C)(C)C)C1. The minimum atomic E-state index is -0.467. The number of aliphatic imine (C=N–C) groups is 1. The van der Waals surface area contributed by atoms with E-state index in [2.05, 4.69) is 41.5 Å². The first-order valence-corrected chi connectivity index (χ1v) is 10.9. The van der Waals surface area contributed by atoms with Crippen molar-refractivity contribution in [1.82, 2.24) is 20.4 Å². The normalized spacial score (nSPS) is 17.9. The maximum absolute atomic E-state index is 12.0. The minimum absolute atomic E-state index is 0.107. The molecule has 0 radical (unpaired) electrons. The van der Waals surface area contributed by atoms with E-state index in [1.807, 2.05) is 20.8 Å². The monoisotopic (exact) mass is 397 g/mol. The molecule has 0 aliphatic carbocycles. The summed E-state index contributed by atoms with van der Waals surface area (Å²) in [6, 6.07) is 0.107. The van der Waals surface area contributed by atoms with Crippen molar-refractivity contribution in [3.63, 3.8) is 0 Å². The van der Waals surface area contributed by atoms with Gasteiger partial charge in [0.25, 0.3) is 0 Å². The Kier molecular flexibility index (Phi) is 11.3. The second-order valence-electron chi connectivity index (χ2n) is 8.88. The third-order valence-corrected chi connectivity index (χ3v) is 4.57. The Morgan fingerprint density at radius 2 is 1.86 bits per heavy atom. The van der Waals surface area contributed by atoms with E-state index in [9.17, 15) is 4.79 Å². The van der Waals surface area contributed by atoms with Gasteiger partial charge in [0.2, 0.25) is 0 Å². The molecular weight excluding hydrogens is 354 g/mol. The van der Waals surface area contributed by atoms with Gasteiger partial charge in [-0.3, -0.25) is 4.99 Å². The summed E-state index contributed by atoms with van der Waals surface area (Å²) >= 11 is 0. The van der Waals surface area contributed by atoms with Crippen molar-refractivity contribution < 1.29 is 9.53 Å². The van der Waals surface area contributed by atoms with Gasteiger partial charge in [0, 0.05) is 26.2 Å². The number of carbonyl (C=O) groups excluding carboxylic acids is 1. The minimum Gasteiger partial charge on any atom is -0.444 e. The maximum Gasteiger partial charge on any atom is 0.407 e. The van der Waals surface area contributed by atoms with E-state index in [1.54, 1.807) is 0 Å². The molecule has 1 unspecified atom stereocenters. The van der Waals surface area contributed by atoms with Crippen LogP contribution >= 0.6 is 0 Å². The number of guanidine groups is 1. The number of alkyl carbamates (subject to hydrolysis) is 1. The van der Waals surface area contributed by atoms with Crippen molar-refractivity contribution >= 4 is 12.1 Å². The summed E-state index contributed by atoms with van der Waals surface area (Å²) in [5, 5.41) is 6.36. The van der Waals surface area contributed by atoms with Gasteiger partial charge in [-0.15, -0.1) is 0 Å². The molecule has 1 heterocycles. The zero-order chi connectivity index (χ0) is 21.0. The van der Waals surface area contributed by atoms with Crippen LogP contribution in [0.1, 0.15) is 66.2 Å². The summed E-state index contributed by atoms with van der Waals surface area (Å²) in [6.07, 6.45) is 6.80. The zero-order valence-corrected chi connectivity index (χ0v) is 19.0. The molecule has 1 saturated heterocycles. The Morgan fingerprint density at radius 3 is 2.50 bits per heavy atom. The Balaban J connectivity index is 2.32. The van der Waals surface area contributed by atoms with Gasteiger partial charge in [0.05, 0.1) is 6.04 Å². The van der Waals surface area contributed by atoms with Crippen LogP contribution in [-0.4, -0.2) is 80.3 Å². The van der Waals surface area contributed by atoms with E-state index in [4.69, 9.17) is 9.73 Å². The molecule has 0 bridgehead atoms. The highest BCUT2D eigenvalue weighted by molar-refractivity contribution is 5.80. The molecule has 1 fully saturated rings. The molecule has 28 heavy (non-hydrogen) atoms. The molecular formula is C21H43N5O2. The highest BCUT2D eigenvalue weighted by atomic mass is 16.6. The average molecular weight is 398 g/mol. The van der Waals surface area contributed by atoms with Crippen molar-refractivity contribution in [3.8, 4) is 0 Å². The van der Waals surface area contributed by atoms with E-state index < -0.39 is 5.60 Å². The smallest absolute Gasteiger partial charge is 0.407 e. The fraction of sp³-hybridized carbons (Fsp3) is 0.905. The third kappa shape index (κ3) is 11.4. The largest absolute Gasteiger partial charge is 0.444 e. The Morgan fingerprint density at radius 1 is 1.18 bits per heavy atom. The lowest BCUT2D eigenvalue weighted by Crippen LogP contribution is -2.44. The summed E-state index contributed by atoms with van der Waals surface area (Å²) < 4.78 is 5.36. The van der Waals surface area contributed by atoms with Crippen LogP contribution in [0.4, 0.5) is 4.79 Å². The van der Waals surface area contributed by atoms with Crippen LogP contribution in [0.3, 0.4) is 0 Å². The number of carbonyl (C=O) groups is 1. The molecule has 0 aromatic rings. The molecule has 1 amide bonds. The number of amides is 1. The molecule has 2 N–H and O–H groups in total. The average Bonchev–Trinajstić information content (AvgIpc) is 3.02. The molecule has 7 heteroatoms. The van der Waals surface area contributed by atoms with Gasteiger partial charge in [-0.1, -0.05) is 19.3 Å². The summed E-state index contributed by atoms with van der Waals surface area (Å²) in [7, 11) is 4.26. The molecule has 1 rings (SSSR count). The zero-order valence-electron chi connectivity index (χ0n) is 19.0. The van der Waals surface area contributed by atoms with Crippen molar-refractivity contribution in [2.75, 3.05) is 46.8 Å². The van der Waals surface area contributed by atoms with E-state index in [1.165, 1.54) is 32.2 Å². The quantitative estimate of drug-likeness (QED) is 0.337. The number of nitrogens with zero attached hydrogens (tertiary/aromatic N) is 3. The van der Waals surface area contributed by atoms with Gasteiger partial charge in [0.1, 0.15) is 5.60 Å². The van der Waals surface area contributed by atoms with Crippen LogP contribution in [0.15, 0.2) is 4.99 Å². The molecule has 7 nitrogen and oxygen atoms in total. The van der Waals surface area contributed by atoms with Gasteiger partial charge < -0.3 is 25.2 Å². The first kappa shape index (κ1) is 24.5. The lowest BCUT2D eigenvalue weighted by atomic mass is 10.1. The van der Waals surface area contributed by atoms with Gasteiger partial charge in [-0.25, -0.2) is 4.79 Å². The van der Waals surface area contributed by atoms with Crippen LogP contribution in [0, 0.1) is 0 Å². The molecule has 1 atom stereocenters. The summed E-state index contributed by atoms with van der Waals surface area (Å²) in [5.41, 5.74) is -0.467. The van der Waals surface area contributed by atoms with Crippen molar-refractivity contribution in [2.45, 2.75) is 77.9 Å².